The van der Waals surface area contributed by atoms with Crippen LogP contribution in [0.3, 0.4) is 0 Å². The van der Waals surface area contributed by atoms with E-state index in [1.165, 1.54) is 12.0 Å². The average Bonchev–Trinajstić information content (AvgIpc) is 3.60. The second kappa shape index (κ2) is 8.42. The first-order valence-corrected chi connectivity index (χ1v) is 11.4. The molecule has 8 heteroatoms. The third-order valence-corrected chi connectivity index (χ3v) is 6.52. The van der Waals surface area contributed by atoms with Crippen molar-refractivity contribution in [2.75, 3.05) is 7.11 Å². The molecule has 0 spiro atoms. The molecule has 1 aliphatic heterocycles. The van der Waals surface area contributed by atoms with Gasteiger partial charge in [-0.05, 0) is 35.9 Å². The molecule has 0 aliphatic carbocycles. The number of ketones is 1. The second-order valence-corrected chi connectivity index (χ2v) is 8.56. The van der Waals surface area contributed by atoms with E-state index in [2.05, 4.69) is 9.97 Å². The normalized spacial score (nSPS) is 15.9. The van der Waals surface area contributed by atoms with Gasteiger partial charge in [0.25, 0.3) is 5.91 Å². The molecule has 1 aliphatic rings. The van der Waals surface area contributed by atoms with Crippen molar-refractivity contribution in [2.24, 2.45) is 0 Å². The summed E-state index contributed by atoms with van der Waals surface area (Å²) in [6.45, 7) is 0.181. The Morgan fingerprint density at radius 3 is 2.75 bits per heavy atom. The van der Waals surface area contributed by atoms with Crippen molar-refractivity contribution in [3.8, 4) is 5.75 Å². The van der Waals surface area contributed by atoms with Crippen LogP contribution in [0.5, 0.6) is 5.75 Å². The molecule has 6 rings (SSSR count). The largest absolute Gasteiger partial charge is 0.503 e. The smallest absolute Gasteiger partial charge is 0.290 e. The lowest BCUT2D eigenvalue weighted by Gasteiger charge is -2.26. The summed E-state index contributed by atoms with van der Waals surface area (Å²) in [5.41, 5.74) is 2.77. The number of ether oxygens (including phenoxy) is 1. The Morgan fingerprint density at radius 1 is 1.14 bits per heavy atom. The van der Waals surface area contributed by atoms with E-state index in [1.54, 1.807) is 55.0 Å². The number of fused-ring (bicyclic) bond motifs is 2. The lowest BCUT2D eigenvalue weighted by atomic mass is 9.94. The van der Waals surface area contributed by atoms with Crippen LogP contribution in [0.15, 0.2) is 95.0 Å². The number of furan rings is 1. The minimum atomic E-state index is -0.829. The number of Topliss-reactive ketones (excluding diaryl/α,β-unsaturated/α-hetero) is 1. The highest BCUT2D eigenvalue weighted by molar-refractivity contribution is 6.16. The van der Waals surface area contributed by atoms with Crippen molar-refractivity contribution in [3.05, 3.63) is 107 Å². The van der Waals surface area contributed by atoms with Gasteiger partial charge in [0.1, 0.15) is 0 Å². The number of hydrogen-bond donors (Lipinski definition) is 2. The molecule has 0 saturated heterocycles. The van der Waals surface area contributed by atoms with Crippen molar-refractivity contribution in [1.29, 1.82) is 0 Å². The first kappa shape index (κ1) is 21.7. The number of H-pyrrole nitrogens is 1. The van der Waals surface area contributed by atoms with Gasteiger partial charge in [0.2, 0.25) is 5.78 Å². The number of rotatable bonds is 6. The lowest BCUT2D eigenvalue weighted by molar-refractivity contribution is -0.130. The Morgan fingerprint density at radius 2 is 1.94 bits per heavy atom. The zero-order chi connectivity index (χ0) is 24.8. The summed E-state index contributed by atoms with van der Waals surface area (Å²) in [6, 6.07) is 17.3. The van der Waals surface area contributed by atoms with E-state index in [0.717, 1.165) is 16.5 Å². The number of benzene rings is 2. The van der Waals surface area contributed by atoms with Crippen LogP contribution in [-0.4, -0.2) is 38.8 Å². The standard InChI is InChI=1S/C28H21N3O5/c1-35-21-8-4-5-17-13-22(36-27(17)21)25(32)23-24(19-14-30-20-7-3-2-6-18(19)20)31(28(34)26(23)33)15-16-9-11-29-12-10-16/h2-14,24,30,33H,15H2,1H3. The Balaban J connectivity index is 1.50. The number of amides is 1. The van der Waals surface area contributed by atoms with Crippen molar-refractivity contribution >= 4 is 33.6 Å². The molecule has 178 valence electrons. The summed E-state index contributed by atoms with van der Waals surface area (Å²) < 4.78 is 11.2. The average molecular weight is 479 g/mol. The molecule has 1 amide bonds. The Bertz CT molecular complexity index is 1660. The van der Waals surface area contributed by atoms with Crippen LogP contribution in [-0.2, 0) is 11.3 Å². The highest BCUT2D eigenvalue weighted by atomic mass is 16.5. The maximum absolute atomic E-state index is 13.9. The molecule has 5 aromatic rings. The Hall–Kier alpha value is -4.85. The predicted molar refractivity (Wildman–Crippen MR) is 133 cm³/mol. The van der Waals surface area contributed by atoms with E-state index in [4.69, 9.17) is 9.15 Å². The monoisotopic (exact) mass is 479 g/mol. The number of aromatic amines is 1. The molecule has 0 fully saturated rings. The van der Waals surface area contributed by atoms with Gasteiger partial charge in [0.15, 0.2) is 22.9 Å². The van der Waals surface area contributed by atoms with Crippen molar-refractivity contribution in [2.45, 2.75) is 12.6 Å². The molecule has 3 aromatic heterocycles. The fourth-order valence-corrected chi connectivity index (χ4v) is 4.82. The van der Waals surface area contributed by atoms with Gasteiger partial charge in [-0.1, -0.05) is 30.3 Å². The lowest BCUT2D eigenvalue weighted by Crippen LogP contribution is -2.30. The maximum atomic E-state index is 13.9. The highest BCUT2D eigenvalue weighted by Crippen LogP contribution is 2.43. The summed E-state index contributed by atoms with van der Waals surface area (Å²) in [5.74, 6) is -1.28. The molecule has 1 unspecified atom stereocenters. The summed E-state index contributed by atoms with van der Waals surface area (Å²) in [7, 11) is 1.52. The minimum absolute atomic E-state index is 0.0134. The van der Waals surface area contributed by atoms with Crippen molar-refractivity contribution in [3.63, 3.8) is 0 Å². The number of nitrogens with zero attached hydrogens (tertiary/aromatic N) is 2. The van der Waals surface area contributed by atoms with E-state index in [1.807, 2.05) is 24.3 Å². The molecule has 4 heterocycles. The topological polar surface area (TPSA) is 109 Å². The maximum Gasteiger partial charge on any atom is 0.290 e. The number of hydrogen-bond acceptors (Lipinski definition) is 6. The van der Waals surface area contributed by atoms with E-state index in [9.17, 15) is 14.7 Å². The van der Waals surface area contributed by atoms with Crippen LogP contribution in [0.1, 0.15) is 27.7 Å². The predicted octanol–water partition coefficient (Wildman–Crippen LogP) is 5.10. The van der Waals surface area contributed by atoms with Crippen LogP contribution in [0.2, 0.25) is 0 Å². The third kappa shape index (κ3) is 3.34. The number of aliphatic hydroxyl groups excluding tert-OH is 1. The number of methoxy groups -OCH3 is 1. The van der Waals surface area contributed by atoms with Gasteiger partial charge in [-0.15, -0.1) is 0 Å². The van der Waals surface area contributed by atoms with Gasteiger partial charge >= 0.3 is 0 Å². The van der Waals surface area contributed by atoms with Gasteiger partial charge in [-0.25, -0.2) is 0 Å². The molecule has 2 N–H and O–H groups in total. The fourth-order valence-electron chi connectivity index (χ4n) is 4.82. The molecule has 2 aromatic carbocycles. The van der Waals surface area contributed by atoms with Crippen LogP contribution < -0.4 is 4.74 Å². The summed E-state index contributed by atoms with van der Waals surface area (Å²) >= 11 is 0. The number of aromatic nitrogens is 2. The highest BCUT2D eigenvalue weighted by Gasteiger charge is 2.45. The quantitative estimate of drug-likeness (QED) is 0.328. The summed E-state index contributed by atoms with van der Waals surface area (Å²) in [4.78, 5) is 36.0. The number of carbonyl (C=O) groups excluding carboxylic acids is 2. The summed E-state index contributed by atoms with van der Waals surface area (Å²) in [5, 5.41) is 12.6. The second-order valence-electron chi connectivity index (χ2n) is 8.56. The first-order chi connectivity index (χ1) is 17.6. The van der Waals surface area contributed by atoms with Gasteiger partial charge in [-0.2, -0.15) is 0 Å². The molecule has 0 saturated carbocycles. The van der Waals surface area contributed by atoms with E-state index >= 15 is 0 Å². The zero-order valence-corrected chi connectivity index (χ0v) is 19.3. The molecule has 1 atom stereocenters. The number of carbonyl (C=O) groups is 2. The molecule has 0 bridgehead atoms. The summed E-state index contributed by atoms with van der Waals surface area (Å²) in [6.07, 6.45) is 5.05. The minimum Gasteiger partial charge on any atom is -0.503 e. The molecule has 36 heavy (non-hydrogen) atoms. The zero-order valence-electron chi connectivity index (χ0n) is 19.3. The fraction of sp³-hybridized carbons (Fsp3) is 0.107. The number of pyridine rings is 1. The van der Waals surface area contributed by atoms with E-state index in [-0.39, 0.29) is 17.9 Å². The number of para-hydroxylation sites is 2. The van der Waals surface area contributed by atoms with Crippen LogP contribution in [0.25, 0.3) is 21.9 Å². The Labute approximate surface area is 205 Å². The SMILES string of the molecule is COc1cccc2cc(C(=O)C3=C(O)C(=O)N(Cc4ccncc4)C3c3c[nH]c4ccccc34)oc12. The van der Waals surface area contributed by atoms with Gasteiger partial charge in [0.05, 0.1) is 18.7 Å². The van der Waals surface area contributed by atoms with Crippen molar-refractivity contribution in [1.82, 2.24) is 14.9 Å². The van der Waals surface area contributed by atoms with Crippen LogP contribution >= 0.6 is 0 Å². The van der Waals surface area contributed by atoms with Crippen LogP contribution in [0.4, 0.5) is 0 Å². The number of nitrogens with one attached hydrogen (secondary N) is 1. The van der Waals surface area contributed by atoms with Gasteiger partial charge in [-0.3, -0.25) is 14.6 Å². The first-order valence-electron chi connectivity index (χ1n) is 11.4. The van der Waals surface area contributed by atoms with E-state index < -0.39 is 23.5 Å². The molecule has 0 radical (unpaired) electrons. The van der Waals surface area contributed by atoms with Crippen molar-refractivity contribution < 1.29 is 23.8 Å². The van der Waals surface area contributed by atoms with Crippen LogP contribution in [0, 0.1) is 0 Å². The van der Waals surface area contributed by atoms with E-state index in [0.29, 0.717) is 22.3 Å². The molecule has 8 nitrogen and oxygen atoms in total. The third-order valence-electron chi connectivity index (χ3n) is 6.52. The number of aliphatic hydroxyl groups is 1. The van der Waals surface area contributed by atoms with Gasteiger partial charge in [0, 0.05) is 47.0 Å². The Kier molecular flexibility index (Phi) is 5.07. The molecular formula is C28H21N3O5. The molecular weight excluding hydrogens is 458 g/mol. The van der Waals surface area contributed by atoms with Gasteiger partial charge < -0.3 is 24.1 Å².